The zero-order chi connectivity index (χ0) is 19.5. The minimum absolute atomic E-state index is 0.214. The first kappa shape index (κ1) is 16.8. The van der Waals surface area contributed by atoms with E-state index in [1.807, 2.05) is 16.8 Å². The van der Waals surface area contributed by atoms with Gasteiger partial charge in [0.1, 0.15) is 17.0 Å². The highest BCUT2D eigenvalue weighted by atomic mass is 19.1. The Morgan fingerprint density at radius 3 is 2.55 bits per heavy atom. The van der Waals surface area contributed by atoms with E-state index in [9.17, 15) is 8.78 Å². The van der Waals surface area contributed by atoms with Crippen molar-refractivity contribution in [2.24, 2.45) is 0 Å². The lowest BCUT2D eigenvalue weighted by atomic mass is 10.1. The summed E-state index contributed by atoms with van der Waals surface area (Å²) in [5, 5.41) is 17.1. The van der Waals surface area contributed by atoms with Crippen LogP contribution in [0.15, 0.2) is 36.4 Å². The molecule has 6 nitrogen and oxygen atoms in total. The van der Waals surface area contributed by atoms with Crippen LogP contribution in [0.2, 0.25) is 0 Å². The van der Waals surface area contributed by atoms with Crippen LogP contribution in [0.4, 0.5) is 8.78 Å². The molecule has 4 aromatic rings. The lowest BCUT2D eigenvalue weighted by Crippen LogP contribution is -2.07. The van der Waals surface area contributed by atoms with E-state index in [2.05, 4.69) is 26.7 Å². The Bertz CT molecular complexity index is 1240. The van der Waals surface area contributed by atoms with Crippen LogP contribution in [-0.2, 0) is 6.42 Å². The fourth-order valence-electron chi connectivity index (χ4n) is 3.87. The van der Waals surface area contributed by atoms with E-state index in [0.29, 0.717) is 18.4 Å². The summed E-state index contributed by atoms with van der Waals surface area (Å²) in [7, 11) is 0. The fourth-order valence-corrected chi connectivity index (χ4v) is 3.87. The Hall–Kier alpha value is -3.16. The zero-order valence-electron chi connectivity index (χ0n) is 15.6. The van der Waals surface area contributed by atoms with Crippen LogP contribution in [-0.4, -0.2) is 30.0 Å². The van der Waals surface area contributed by atoms with Crippen LogP contribution in [0.3, 0.4) is 0 Å². The molecule has 0 unspecified atom stereocenters. The Kier molecular flexibility index (Phi) is 3.57. The van der Waals surface area contributed by atoms with E-state index >= 15 is 0 Å². The summed E-state index contributed by atoms with van der Waals surface area (Å²) in [6.07, 6.45) is 4.95. The predicted octanol–water partition coefficient (Wildman–Crippen LogP) is 4.09. The maximum absolute atomic E-state index is 14.4. The SMILES string of the molecule is Fc1ccc(-n2nnc(C3CC3)c2Cc2ccc3nnn(C4CC4)c3c2)c(F)c1. The molecule has 0 saturated heterocycles. The van der Waals surface area contributed by atoms with Gasteiger partial charge in [0.2, 0.25) is 0 Å². The lowest BCUT2D eigenvalue weighted by Gasteiger charge is -2.10. The van der Waals surface area contributed by atoms with Gasteiger partial charge < -0.3 is 0 Å². The van der Waals surface area contributed by atoms with E-state index in [4.69, 9.17) is 0 Å². The molecule has 0 bridgehead atoms. The number of nitrogens with zero attached hydrogens (tertiary/aromatic N) is 6. The van der Waals surface area contributed by atoms with Crippen LogP contribution in [0.5, 0.6) is 0 Å². The standard InChI is InChI=1S/C21H18F2N6/c22-14-4-8-18(16(23)11-14)29-20(21(25-27-29)13-2-3-13)10-12-1-7-17-19(9-12)28(26-24-17)15-5-6-15/h1,4,7-9,11,13,15H,2-3,5-6,10H2. The molecule has 0 amide bonds. The van der Waals surface area contributed by atoms with Crippen LogP contribution in [0.1, 0.15) is 54.6 Å². The molecule has 0 aliphatic heterocycles. The summed E-state index contributed by atoms with van der Waals surface area (Å²) < 4.78 is 31.3. The number of benzene rings is 2. The molecule has 2 heterocycles. The fraction of sp³-hybridized carbons (Fsp3) is 0.333. The Labute approximate surface area is 165 Å². The van der Waals surface area contributed by atoms with E-state index in [-0.39, 0.29) is 5.69 Å². The molecular weight excluding hydrogens is 374 g/mol. The monoisotopic (exact) mass is 392 g/mol. The van der Waals surface area contributed by atoms with Gasteiger partial charge in [0.25, 0.3) is 0 Å². The Balaban J connectivity index is 1.44. The average Bonchev–Trinajstić information content (AvgIpc) is 3.64. The molecule has 2 aliphatic carbocycles. The van der Waals surface area contributed by atoms with Crippen molar-refractivity contribution >= 4 is 11.0 Å². The van der Waals surface area contributed by atoms with Crippen molar-refractivity contribution in [1.82, 2.24) is 30.0 Å². The molecular formula is C21H18F2N6. The summed E-state index contributed by atoms with van der Waals surface area (Å²) >= 11 is 0. The average molecular weight is 392 g/mol. The van der Waals surface area contributed by atoms with Gasteiger partial charge in [0.05, 0.1) is 22.9 Å². The van der Waals surface area contributed by atoms with E-state index in [1.165, 1.54) is 16.8 Å². The summed E-state index contributed by atoms with van der Waals surface area (Å²) in [5.74, 6) is -0.892. The number of aromatic nitrogens is 6. The van der Waals surface area contributed by atoms with Gasteiger partial charge in [-0.1, -0.05) is 16.5 Å². The second-order valence-electron chi connectivity index (χ2n) is 7.97. The third-order valence-electron chi connectivity index (χ3n) is 5.69. The number of halogens is 2. The van der Waals surface area contributed by atoms with Gasteiger partial charge in [0.15, 0.2) is 5.82 Å². The predicted molar refractivity (Wildman–Crippen MR) is 102 cm³/mol. The topological polar surface area (TPSA) is 61.4 Å². The molecule has 8 heteroatoms. The van der Waals surface area contributed by atoms with Gasteiger partial charge in [-0.25, -0.2) is 18.1 Å². The molecule has 146 valence electrons. The van der Waals surface area contributed by atoms with Crippen LogP contribution in [0, 0.1) is 11.6 Å². The highest BCUT2D eigenvalue weighted by molar-refractivity contribution is 5.75. The highest BCUT2D eigenvalue weighted by Crippen LogP contribution is 2.41. The normalized spacial score (nSPS) is 16.6. The zero-order valence-corrected chi connectivity index (χ0v) is 15.6. The second-order valence-corrected chi connectivity index (χ2v) is 7.97. The maximum Gasteiger partial charge on any atom is 0.151 e. The summed E-state index contributed by atoms with van der Waals surface area (Å²) in [5.41, 5.74) is 4.93. The van der Waals surface area contributed by atoms with Crippen molar-refractivity contribution in [2.75, 3.05) is 0 Å². The lowest BCUT2D eigenvalue weighted by molar-refractivity contribution is 0.569. The number of hydrogen-bond acceptors (Lipinski definition) is 4. The first-order valence-electron chi connectivity index (χ1n) is 9.91. The summed E-state index contributed by atoms with van der Waals surface area (Å²) in [4.78, 5) is 0. The molecule has 2 aliphatic rings. The van der Waals surface area contributed by atoms with Gasteiger partial charge >= 0.3 is 0 Å². The van der Waals surface area contributed by atoms with Crippen molar-refractivity contribution in [3.63, 3.8) is 0 Å². The highest BCUT2D eigenvalue weighted by Gasteiger charge is 2.32. The van der Waals surface area contributed by atoms with E-state index in [1.54, 1.807) is 0 Å². The van der Waals surface area contributed by atoms with Gasteiger partial charge in [-0.05, 0) is 55.5 Å². The molecule has 0 atom stereocenters. The molecule has 2 saturated carbocycles. The molecule has 2 aromatic carbocycles. The minimum Gasteiger partial charge on any atom is -0.242 e. The molecule has 2 aromatic heterocycles. The molecule has 0 N–H and O–H groups in total. The third-order valence-corrected chi connectivity index (χ3v) is 5.69. The number of rotatable bonds is 5. The second kappa shape index (κ2) is 6.17. The third kappa shape index (κ3) is 2.90. The van der Waals surface area contributed by atoms with Crippen molar-refractivity contribution in [3.8, 4) is 5.69 Å². The maximum atomic E-state index is 14.4. The van der Waals surface area contributed by atoms with Crippen molar-refractivity contribution in [3.05, 3.63) is 65.0 Å². The quantitative estimate of drug-likeness (QED) is 0.513. The summed E-state index contributed by atoms with van der Waals surface area (Å²) in [6.45, 7) is 0. The van der Waals surface area contributed by atoms with E-state index in [0.717, 1.165) is 59.7 Å². The van der Waals surface area contributed by atoms with Gasteiger partial charge in [-0.2, -0.15) is 0 Å². The molecule has 29 heavy (non-hydrogen) atoms. The number of fused-ring (bicyclic) bond motifs is 1. The smallest absolute Gasteiger partial charge is 0.151 e. The largest absolute Gasteiger partial charge is 0.242 e. The Morgan fingerprint density at radius 1 is 0.931 bits per heavy atom. The first-order valence-corrected chi connectivity index (χ1v) is 9.91. The van der Waals surface area contributed by atoms with Crippen molar-refractivity contribution in [2.45, 2.75) is 44.1 Å². The molecule has 2 fully saturated rings. The van der Waals surface area contributed by atoms with Crippen LogP contribution >= 0.6 is 0 Å². The van der Waals surface area contributed by atoms with E-state index < -0.39 is 11.6 Å². The Morgan fingerprint density at radius 2 is 1.79 bits per heavy atom. The van der Waals surface area contributed by atoms with Gasteiger partial charge in [0, 0.05) is 18.4 Å². The molecule has 6 rings (SSSR count). The number of hydrogen-bond donors (Lipinski definition) is 0. The first-order chi connectivity index (χ1) is 14.2. The summed E-state index contributed by atoms with van der Waals surface area (Å²) in [6, 6.07) is 10.1. The molecule has 0 spiro atoms. The molecule has 0 radical (unpaired) electrons. The van der Waals surface area contributed by atoms with Gasteiger partial charge in [-0.3, -0.25) is 0 Å². The van der Waals surface area contributed by atoms with Gasteiger partial charge in [-0.15, -0.1) is 10.2 Å². The van der Waals surface area contributed by atoms with Crippen molar-refractivity contribution in [1.29, 1.82) is 0 Å². The van der Waals surface area contributed by atoms with Crippen LogP contribution < -0.4 is 0 Å². The minimum atomic E-state index is -0.648. The van der Waals surface area contributed by atoms with Crippen molar-refractivity contribution < 1.29 is 8.78 Å². The van der Waals surface area contributed by atoms with Crippen LogP contribution in [0.25, 0.3) is 16.7 Å².